The molecule has 0 aromatic heterocycles. The summed E-state index contributed by atoms with van der Waals surface area (Å²) in [4.78, 5) is 180. The SMILES string of the molecule is CC[C@H](C)[C@@H]1NC(=O)[C@@H]2CCCN2C(=O)[C@@H]2CCCN2C(=O)[C@H]([C@@H](C)CC)NC(=O)[C@H](CO)NC(=O)[C@H](CCCCN)NC(=O)[C@H](CCCCN)NC(=O)[C@@H](NC(=O)[C@H](CCCN=C(N)N)NC(=O)[C@@H](N)CCCCN)CSSC[C@@H](C(=O)N[C@@H](Cc2ccccc2)C(N)=O)NC1=O. The minimum Gasteiger partial charge on any atom is -0.394 e. The average Bonchev–Trinajstić information content (AvgIpc) is 1.61. The van der Waals surface area contributed by atoms with Crippen molar-refractivity contribution < 1.29 is 62.6 Å². The predicted octanol–water partition coefficient (Wildman–Crippen LogP) is -3.69. The molecule has 3 heterocycles. The Labute approximate surface area is 582 Å². The van der Waals surface area contributed by atoms with E-state index in [1.165, 1.54) is 9.80 Å². The van der Waals surface area contributed by atoms with E-state index in [-0.39, 0.29) is 114 Å². The van der Waals surface area contributed by atoms with Crippen molar-refractivity contribution in [1.82, 2.24) is 57.7 Å². The summed E-state index contributed by atoms with van der Waals surface area (Å²) >= 11 is 0. The van der Waals surface area contributed by atoms with Crippen molar-refractivity contribution in [2.75, 3.05) is 57.4 Å². The molecule has 1 aromatic carbocycles. The molecular weight excluding hydrogens is 1310 g/mol. The molecule has 0 aliphatic carbocycles. The fraction of sp³-hybridized carbons (Fsp3) is 0.703. The Morgan fingerprint density at radius 1 is 0.602 bits per heavy atom. The monoisotopic (exact) mass is 1420 g/mol. The van der Waals surface area contributed by atoms with Crippen LogP contribution in [0.15, 0.2) is 35.3 Å². The molecule has 3 fully saturated rings. The first kappa shape index (κ1) is 83.1. The molecule has 3 aliphatic rings. The van der Waals surface area contributed by atoms with Gasteiger partial charge in [-0.3, -0.25) is 62.5 Å². The van der Waals surface area contributed by atoms with Gasteiger partial charge >= 0.3 is 0 Å². The van der Waals surface area contributed by atoms with Crippen LogP contribution in [0.1, 0.15) is 142 Å². The van der Waals surface area contributed by atoms with Crippen LogP contribution in [-0.4, -0.2) is 222 Å². The van der Waals surface area contributed by atoms with Crippen molar-refractivity contribution in [3.05, 3.63) is 35.9 Å². The number of carbonyl (C=O) groups excluding carboxylic acids is 12. The second kappa shape index (κ2) is 43.9. The highest BCUT2D eigenvalue weighted by atomic mass is 33.1. The number of unbranched alkanes of at least 4 members (excludes halogenated alkanes) is 3. The van der Waals surface area contributed by atoms with E-state index in [4.69, 9.17) is 40.1 Å². The van der Waals surface area contributed by atoms with Crippen molar-refractivity contribution in [2.24, 2.45) is 57.0 Å². The van der Waals surface area contributed by atoms with Crippen molar-refractivity contribution >= 4 is 98.4 Å². The number of amides is 12. The van der Waals surface area contributed by atoms with Gasteiger partial charge in [-0.1, -0.05) is 98.9 Å². The van der Waals surface area contributed by atoms with Gasteiger partial charge in [-0.05, 0) is 127 Å². The number of nitrogens with one attached hydrogen (secondary N) is 9. The van der Waals surface area contributed by atoms with Gasteiger partial charge in [-0.2, -0.15) is 0 Å². The number of nitrogens with zero attached hydrogens (tertiary/aromatic N) is 3. The van der Waals surface area contributed by atoms with Crippen LogP contribution < -0.4 is 88.0 Å². The highest BCUT2D eigenvalue weighted by Gasteiger charge is 2.46. The summed E-state index contributed by atoms with van der Waals surface area (Å²) < 4.78 is 0. The van der Waals surface area contributed by atoms with Gasteiger partial charge in [-0.15, -0.1) is 0 Å². The summed E-state index contributed by atoms with van der Waals surface area (Å²) in [6.07, 6.45) is 4.55. The number of aliphatic hydroxyl groups excluding tert-OH is 1. The van der Waals surface area contributed by atoms with Crippen LogP contribution >= 0.6 is 21.6 Å². The molecule has 3 aliphatic heterocycles. The third-order valence-corrected chi connectivity index (χ3v) is 20.3. The lowest BCUT2D eigenvalue weighted by molar-refractivity contribution is -0.149. The summed E-state index contributed by atoms with van der Waals surface area (Å²) in [6.45, 7) is 7.13. The minimum atomic E-state index is -1.67. The lowest BCUT2D eigenvalue weighted by atomic mass is 9.96. The fourth-order valence-electron chi connectivity index (χ4n) is 11.6. The van der Waals surface area contributed by atoms with E-state index < -0.39 is 162 Å². The van der Waals surface area contributed by atoms with Crippen LogP contribution in [-0.2, 0) is 64.0 Å². The normalized spacial score (nSPS) is 24.5. The zero-order chi connectivity index (χ0) is 72.4. The third kappa shape index (κ3) is 26.7. The van der Waals surface area contributed by atoms with Gasteiger partial charge in [0.05, 0.1) is 12.6 Å². The molecule has 14 atom stereocenters. The Morgan fingerprint density at radius 3 is 1.72 bits per heavy atom. The second-order valence-corrected chi connectivity index (χ2v) is 27.9. The van der Waals surface area contributed by atoms with Crippen molar-refractivity contribution in [1.29, 1.82) is 0 Å². The van der Waals surface area contributed by atoms with Gasteiger partial charge in [0.1, 0.15) is 66.5 Å². The quantitative estimate of drug-likeness (QED) is 0.0153. The number of carbonyl (C=O) groups is 12. The number of hydrogen-bond acceptors (Lipinski definition) is 20. The Hall–Kier alpha value is -7.37. The number of rotatable bonds is 30. The maximum Gasteiger partial charge on any atom is 0.246 e. The van der Waals surface area contributed by atoms with Gasteiger partial charge in [0.25, 0.3) is 0 Å². The molecular formula is C64H109N19O13S2. The highest BCUT2D eigenvalue weighted by Crippen LogP contribution is 2.28. The molecule has 24 N–H and O–H groups in total. The minimum absolute atomic E-state index is 0.0293. The van der Waals surface area contributed by atoms with Crippen LogP contribution in [0, 0.1) is 11.8 Å². The van der Waals surface area contributed by atoms with Crippen LogP contribution in [0.3, 0.4) is 0 Å². The number of fused-ring (bicyclic) bond motifs is 2. The molecule has 0 radical (unpaired) electrons. The van der Waals surface area contributed by atoms with E-state index in [2.05, 4.69) is 52.8 Å². The van der Waals surface area contributed by atoms with Gasteiger partial charge < -0.3 is 103 Å². The summed E-state index contributed by atoms with van der Waals surface area (Å²) in [7, 11) is 1.91. The molecule has 0 bridgehead atoms. The van der Waals surface area contributed by atoms with Gasteiger partial charge in [-0.25, -0.2) is 0 Å². The van der Waals surface area contributed by atoms with Crippen LogP contribution in [0.4, 0.5) is 0 Å². The van der Waals surface area contributed by atoms with E-state index >= 15 is 4.79 Å². The predicted molar refractivity (Wildman–Crippen MR) is 374 cm³/mol. The molecule has 1 aromatic rings. The van der Waals surface area contributed by atoms with E-state index in [0.29, 0.717) is 63.5 Å². The van der Waals surface area contributed by atoms with Crippen molar-refractivity contribution in [3.8, 4) is 0 Å². The number of aliphatic imine (C=N–C) groups is 1. The molecule has 550 valence electrons. The van der Waals surface area contributed by atoms with Crippen molar-refractivity contribution in [3.63, 3.8) is 0 Å². The summed E-state index contributed by atoms with van der Waals surface area (Å²) in [5, 5.41) is 35.1. The van der Waals surface area contributed by atoms with Crippen LogP contribution in [0.25, 0.3) is 0 Å². The second-order valence-electron chi connectivity index (χ2n) is 25.3. The lowest BCUT2D eigenvalue weighted by Gasteiger charge is -2.35. The van der Waals surface area contributed by atoms with Gasteiger partial charge in [0.2, 0.25) is 70.9 Å². The van der Waals surface area contributed by atoms with Crippen LogP contribution in [0.2, 0.25) is 0 Å². The number of nitrogens with two attached hydrogens (primary N) is 7. The van der Waals surface area contributed by atoms with E-state index in [1.807, 2.05) is 0 Å². The largest absolute Gasteiger partial charge is 0.394 e. The molecule has 0 unspecified atom stereocenters. The number of guanidine groups is 1. The molecule has 12 amide bonds. The fourth-order valence-corrected chi connectivity index (χ4v) is 13.9. The highest BCUT2D eigenvalue weighted by molar-refractivity contribution is 8.76. The molecule has 3 saturated heterocycles. The van der Waals surface area contributed by atoms with E-state index in [0.717, 1.165) is 21.6 Å². The Balaban J connectivity index is 1.90. The van der Waals surface area contributed by atoms with E-state index in [9.17, 15) is 57.8 Å². The maximum atomic E-state index is 15.0. The van der Waals surface area contributed by atoms with E-state index in [1.54, 1.807) is 58.0 Å². The maximum absolute atomic E-state index is 15.0. The molecule has 0 saturated carbocycles. The Morgan fingerprint density at radius 2 is 1.14 bits per heavy atom. The topological polar surface area (TPSA) is 534 Å². The van der Waals surface area contributed by atoms with Gasteiger partial charge in [0.15, 0.2) is 5.96 Å². The molecule has 34 heteroatoms. The molecule has 32 nitrogen and oxygen atoms in total. The first-order valence-electron chi connectivity index (χ1n) is 34.3. The number of hydrogen-bond donors (Lipinski definition) is 17. The summed E-state index contributed by atoms with van der Waals surface area (Å²) in [5.41, 5.74) is 41.4. The standard InChI is InChI=1S/C64H109N19O13S2/c1-5-37(3)50-61(94)79-47(59(92)76-44(52(69)85)33-39-19-8-7-9-20-39)36-98-97-35-46(78-56(89)43(24-16-30-72-64(70)71)73-53(86)40(68)21-10-13-27-65)58(91)75-41(22-11-14-28-66)54(87)74-42(23-12-15-29-67)55(88)77-45(34-84)57(90)81-51(38(4)6-2)63(96)83-32-18-26-49(83)62(95)82-31-17-25-48(82)60(93)80-50/h7-9,19-20,37-38,40-51,84H,5-6,10-18,21-36,65-68H2,1-4H3,(H2,69,85)(H,73,86)(H,74,87)(H,75,91)(H,76,92)(H,77,88)(H,78,89)(H,79,94)(H,80,93)(H,81,90)(H4,70,71,72)/t37-,38-,40-,41-,42-,43-,44-,45-,46-,47-,48-,49-,50-,51-/m0/s1. The number of primary amides is 1. The average molecular weight is 1420 g/mol. The smallest absolute Gasteiger partial charge is 0.246 e. The third-order valence-electron chi connectivity index (χ3n) is 17.9. The lowest BCUT2D eigenvalue weighted by Crippen LogP contribution is -2.62. The first-order valence-corrected chi connectivity index (χ1v) is 36.8. The van der Waals surface area contributed by atoms with Crippen LogP contribution in [0.5, 0.6) is 0 Å². The zero-order valence-corrected chi connectivity index (χ0v) is 58.7. The molecule has 0 spiro atoms. The van der Waals surface area contributed by atoms with Gasteiger partial charge in [0, 0.05) is 37.6 Å². The summed E-state index contributed by atoms with van der Waals surface area (Å²) in [6, 6.07) is -7.25. The summed E-state index contributed by atoms with van der Waals surface area (Å²) in [5.74, 6) is -11.5. The number of aliphatic hydroxyl groups is 1. The molecule has 98 heavy (non-hydrogen) atoms. The molecule has 4 rings (SSSR count). The zero-order valence-electron chi connectivity index (χ0n) is 57.1. The Bertz CT molecular complexity index is 2830. The van der Waals surface area contributed by atoms with Crippen molar-refractivity contribution in [2.45, 2.75) is 216 Å². The number of benzene rings is 1. The Kier molecular flexibility index (Phi) is 37.2. The first-order chi connectivity index (χ1) is 46.8.